The van der Waals surface area contributed by atoms with E-state index in [1.54, 1.807) is 35.2 Å². The number of hydrogen-bond acceptors (Lipinski definition) is 4. The largest absolute Gasteiger partial charge is 0.484 e. The molecular weight excluding hydrogens is 459 g/mol. The van der Waals surface area contributed by atoms with Gasteiger partial charge in [0, 0.05) is 31.2 Å². The zero-order chi connectivity index (χ0) is 24.2. The van der Waals surface area contributed by atoms with E-state index in [1.807, 2.05) is 12.1 Å². The van der Waals surface area contributed by atoms with Crippen molar-refractivity contribution >= 4 is 34.8 Å². The molecule has 3 rings (SSSR count). The van der Waals surface area contributed by atoms with Gasteiger partial charge in [0.2, 0.25) is 0 Å². The number of nitrogens with zero attached hydrogens (tertiary/aromatic N) is 2. The van der Waals surface area contributed by atoms with Gasteiger partial charge in [-0.05, 0) is 41.8 Å². The fourth-order valence-electron chi connectivity index (χ4n) is 3.50. The second kappa shape index (κ2) is 10.3. The summed E-state index contributed by atoms with van der Waals surface area (Å²) >= 11 is 6.09. The fraction of sp³-hybridized carbons (Fsp3) is 0.391. The lowest BCUT2D eigenvalue weighted by atomic mass is 10.0. The van der Waals surface area contributed by atoms with E-state index < -0.39 is 18.0 Å². The standard InChI is InChI=1S/C23H25ClF3N3O3/c1-15(2)16-3-6-18(7-4-16)33-14-21(31)28-19-13-17(24)5-8-20(19)29-9-11-30(12-10-29)22(32)23(25,26)27/h3-8,13,15H,9-12,14H2,1-2H3,(H,28,31). The van der Waals surface area contributed by atoms with Crippen LogP contribution in [0.3, 0.4) is 0 Å². The van der Waals surface area contributed by atoms with E-state index in [0.717, 1.165) is 10.5 Å². The van der Waals surface area contributed by atoms with E-state index in [4.69, 9.17) is 16.3 Å². The van der Waals surface area contributed by atoms with Crippen molar-refractivity contribution in [2.45, 2.75) is 25.9 Å². The average molecular weight is 484 g/mol. The molecule has 1 N–H and O–H groups in total. The van der Waals surface area contributed by atoms with Gasteiger partial charge in [0.1, 0.15) is 5.75 Å². The van der Waals surface area contributed by atoms with Crippen LogP contribution in [0.1, 0.15) is 25.3 Å². The Morgan fingerprint density at radius 3 is 2.27 bits per heavy atom. The van der Waals surface area contributed by atoms with Gasteiger partial charge >= 0.3 is 12.1 Å². The molecule has 2 aromatic rings. The van der Waals surface area contributed by atoms with Crippen molar-refractivity contribution in [3.8, 4) is 5.75 Å². The minimum Gasteiger partial charge on any atom is -0.484 e. The van der Waals surface area contributed by atoms with Gasteiger partial charge in [-0.25, -0.2) is 0 Å². The fourth-order valence-corrected chi connectivity index (χ4v) is 3.67. The summed E-state index contributed by atoms with van der Waals surface area (Å²) in [5.41, 5.74) is 2.18. The van der Waals surface area contributed by atoms with Gasteiger partial charge in [0.05, 0.1) is 11.4 Å². The van der Waals surface area contributed by atoms with Crippen LogP contribution in [0.2, 0.25) is 5.02 Å². The van der Waals surface area contributed by atoms with E-state index in [-0.39, 0.29) is 32.8 Å². The topological polar surface area (TPSA) is 61.9 Å². The number of halogens is 4. The number of alkyl halides is 3. The monoisotopic (exact) mass is 483 g/mol. The molecule has 2 aromatic carbocycles. The molecule has 0 spiro atoms. The number of ether oxygens (including phenoxy) is 1. The lowest BCUT2D eigenvalue weighted by Gasteiger charge is -2.37. The summed E-state index contributed by atoms with van der Waals surface area (Å²) in [6, 6.07) is 12.4. The molecule has 1 aliphatic heterocycles. The third-order valence-electron chi connectivity index (χ3n) is 5.30. The number of carbonyl (C=O) groups is 2. The van der Waals surface area contributed by atoms with E-state index in [1.165, 1.54) is 0 Å². The Balaban J connectivity index is 1.62. The molecule has 0 aliphatic carbocycles. The molecule has 2 amide bonds. The van der Waals surface area contributed by atoms with Gasteiger partial charge in [-0.1, -0.05) is 37.6 Å². The number of hydrogen-bond donors (Lipinski definition) is 1. The lowest BCUT2D eigenvalue weighted by Crippen LogP contribution is -2.52. The zero-order valence-electron chi connectivity index (χ0n) is 18.3. The molecule has 6 nitrogen and oxygen atoms in total. The molecule has 10 heteroatoms. The molecule has 0 radical (unpaired) electrons. The smallest absolute Gasteiger partial charge is 0.471 e. The normalized spacial score (nSPS) is 14.4. The van der Waals surface area contributed by atoms with Crippen LogP contribution in [-0.2, 0) is 9.59 Å². The highest BCUT2D eigenvalue weighted by Crippen LogP contribution is 2.31. The predicted octanol–water partition coefficient (Wildman–Crippen LogP) is 4.69. The molecule has 0 unspecified atom stereocenters. The Hall–Kier alpha value is -2.94. The third-order valence-corrected chi connectivity index (χ3v) is 5.53. The summed E-state index contributed by atoms with van der Waals surface area (Å²) in [5.74, 6) is -1.30. The van der Waals surface area contributed by atoms with Crippen LogP contribution in [0.15, 0.2) is 42.5 Å². The number of amides is 2. The van der Waals surface area contributed by atoms with Crippen LogP contribution in [-0.4, -0.2) is 55.7 Å². The van der Waals surface area contributed by atoms with Gasteiger partial charge < -0.3 is 19.9 Å². The maximum Gasteiger partial charge on any atom is 0.471 e. The number of rotatable bonds is 6. The van der Waals surface area contributed by atoms with Crippen molar-refractivity contribution in [2.24, 2.45) is 0 Å². The van der Waals surface area contributed by atoms with Crippen LogP contribution < -0.4 is 15.0 Å². The molecule has 1 fully saturated rings. The molecule has 0 atom stereocenters. The quantitative estimate of drug-likeness (QED) is 0.647. The summed E-state index contributed by atoms with van der Waals surface area (Å²) in [6.07, 6.45) is -4.89. The first-order valence-electron chi connectivity index (χ1n) is 10.5. The molecule has 0 bridgehead atoms. The van der Waals surface area contributed by atoms with Crippen molar-refractivity contribution in [3.05, 3.63) is 53.1 Å². The van der Waals surface area contributed by atoms with Gasteiger partial charge in [-0.2, -0.15) is 13.2 Å². The van der Waals surface area contributed by atoms with Crippen molar-refractivity contribution in [3.63, 3.8) is 0 Å². The second-order valence-electron chi connectivity index (χ2n) is 8.00. The lowest BCUT2D eigenvalue weighted by molar-refractivity contribution is -0.185. The maximum atomic E-state index is 12.7. The average Bonchev–Trinajstić information content (AvgIpc) is 2.77. The van der Waals surface area contributed by atoms with E-state index in [9.17, 15) is 22.8 Å². The van der Waals surface area contributed by atoms with Gasteiger partial charge in [-0.3, -0.25) is 9.59 Å². The number of piperazine rings is 1. The second-order valence-corrected chi connectivity index (χ2v) is 8.44. The highest BCUT2D eigenvalue weighted by molar-refractivity contribution is 6.31. The number of carbonyl (C=O) groups excluding carboxylic acids is 2. The SMILES string of the molecule is CC(C)c1ccc(OCC(=O)Nc2cc(Cl)ccc2N2CCN(C(=O)C(F)(F)F)CC2)cc1. The maximum absolute atomic E-state index is 12.7. The van der Waals surface area contributed by atoms with Gasteiger partial charge in [0.15, 0.2) is 6.61 Å². The van der Waals surface area contributed by atoms with E-state index >= 15 is 0 Å². The highest BCUT2D eigenvalue weighted by atomic mass is 35.5. The Morgan fingerprint density at radius 1 is 1.06 bits per heavy atom. The van der Waals surface area contributed by atoms with Crippen LogP contribution in [0.25, 0.3) is 0 Å². The number of benzene rings is 2. The van der Waals surface area contributed by atoms with Crippen LogP contribution in [0.4, 0.5) is 24.5 Å². The number of nitrogens with one attached hydrogen (secondary N) is 1. The molecule has 0 saturated carbocycles. The van der Waals surface area contributed by atoms with Crippen LogP contribution in [0, 0.1) is 0 Å². The predicted molar refractivity (Wildman–Crippen MR) is 121 cm³/mol. The first-order chi connectivity index (χ1) is 15.5. The Kier molecular flexibility index (Phi) is 7.73. The first-order valence-corrected chi connectivity index (χ1v) is 10.9. The van der Waals surface area contributed by atoms with Crippen molar-refractivity contribution in [1.82, 2.24) is 4.90 Å². The van der Waals surface area contributed by atoms with Crippen LogP contribution in [0.5, 0.6) is 5.75 Å². The van der Waals surface area contributed by atoms with Gasteiger partial charge in [0.25, 0.3) is 5.91 Å². The van der Waals surface area contributed by atoms with E-state index in [2.05, 4.69) is 19.2 Å². The summed E-state index contributed by atoms with van der Waals surface area (Å²) in [5, 5.41) is 3.15. The Labute approximate surface area is 195 Å². The summed E-state index contributed by atoms with van der Waals surface area (Å²) in [4.78, 5) is 26.5. The van der Waals surface area contributed by atoms with Gasteiger partial charge in [-0.15, -0.1) is 0 Å². The summed E-state index contributed by atoms with van der Waals surface area (Å²) in [7, 11) is 0. The third kappa shape index (κ3) is 6.54. The van der Waals surface area contributed by atoms with Crippen molar-refractivity contribution < 1.29 is 27.5 Å². The minimum absolute atomic E-state index is 0.0795. The Bertz CT molecular complexity index is 989. The minimum atomic E-state index is -4.89. The Morgan fingerprint density at radius 2 is 1.70 bits per heavy atom. The first kappa shape index (κ1) is 24.7. The van der Waals surface area contributed by atoms with E-state index in [0.29, 0.717) is 28.1 Å². The van der Waals surface area contributed by atoms with Crippen molar-refractivity contribution in [1.29, 1.82) is 0 Å². The number of anilines is 2. The molecule has 1 aliphatic rings. The van der Waals surface area contributed by atoms with Crippen molar-refractivity contribution in [2.75, 3.05) is 43.0 Å². The molecule has 33 heavy (non-hydrogen) atoms. The zero-order valence-corrected chi connectivity index (χ0v) is 19.0. The molecule has 1 heterocycles. The summed E-state index contributed by atoms with van der Waals surface area (Å²) < 4.78 is 43.6. The molecule has 178 valence electrons. The summed E-state index contributed by atoms with van der Waals surface area (Å²) in [6.45, 7) is 4.16. The highest BCUT2D eigenvalue weighted by Gasteiger charge is 2.43. The molecule has 1 saturated heterocycles. The van der Waals surface area contributed by atoms with Crippen LogP contribution >= 0.6 is 11.6 Å². The molecular formula is C23H25ClF3N3O3. The molecule has 0 aromatic heterocycles.